The summed E-state index contributed by atoms with van der Waals surface area (Å²) in [5, 5.41) is 2.92. The van der Waals surface area contributed by atoms with Gasteiger partial charge in [-0.3, -0.25) is 4.79 Å². The summed E-state index contributed by atoms with van der Waals surface area (Å²) >= 11 is 0. The number of amides is 2. The maximum Gasteiger partial charge on any atom is 0.409 e. The molecule has 0 aliphatic carbocycles. The molecule has 0 unspecified atom stereocenters. The second kappa shape index (κ2) is 7.74. The Bertz CT molecular complexity index is 297. The number of nitrogens with one attached hydrogen (secondary N) is 1. The van der Waals surface area contributed by atoms with E-state index in [0.29, 0.717) is 38.4 Å². The summed E-state index contributed by atoms with van der Waals surface area (Å²) in [4.78, 5) is 24.4. The topological polar surface area (TPSA) is 58.6 Å². The summed E-state index contributed by atoms with van der Waals surface area (Å²) in [6, 6.07) is 0. The van der Waals surface area contributed by atoms with Crippen molar-refractivity contribution in [2.75, 3.05) is 26.7 Å². The van der Waals surface area contributed by atoms with Crippen molar-refractivity contribution in [1.82, 2.24) is 10.2 Å². The van der Waals surface area contributed by atoms with Crippen LogP contribution in [0.1, 0.15) is 25.7 Å². The van der Waals surface area contributed by atoms with Crippen molar-refractivity contribution in [3.8, 4) is 0 Å². The zero-order valence-electron chi connectivity index (χ0n) is 11.0. The van der Waals surface area contributed by atoms with Crippen LogP contribution in [0.25, 0.3) is 0 Å². The summed E-state index contributed by atoms with van der Waals surface area (Å²) in [5.74, 6) is 0.531. The largest absolute Gasteiger partial charge is 0.453 e. The summed E-state index contributed by atoms with van der Waals surface area (Å²) < 4.78 is 4.68. The lowest BCUT2D eigenvalue weighted by atomic mass is 9.97. The Morgan fingerprint density at radius 1 is 1.44 bits per heavy atom. The van der Waals surface area contributed by atoms with E-state index < -0.39 is 0 Å². The molecule has 5 nitrogen and oxygen atoms in total. The number of carbonyl (C=O) groups is 2. The van der Waals surface area contributed by atoms with Crippen LogP contribution in [0.15, 0.2) is 12.7 Å². The molecule has 5 heteroatoms. The first kappa shape index (κ1) is 14.5. The van der Waals surface area contributed by atoms with Crippen molar-refractivity contribution in [2.45, 2.75) is 25.7 Å². The predicted octanol–water partition coefficient (Wildman–Crippen LogP) is 1.55. The van der Waals surface area contributed by atoms with E-state index in [1.807, 2.05) is 0 Å². The van der Waals surface area contributed by atoms with Crippen molar-refractivity contribution in [2.24, 2.45) is 5.92 Å². The molecule has 1 saturated heterocycles. The van der Waals surface area contributed by atoms with E-state index in [9.17, 15) is 9.59 Å². The molecule has 0 atom stereocenters. The predicted molar refractivity (Wildman–Crippen MR) is 69.1 cm³/mol. The van der Waals surface area contributed by atoms with Gasteiger partial charge in [-0.25, -0.2) is 4.79 Å². The average molecular weight is 254 g/mol. The smallest absolute Gasteiger partial charge is 0.409 e. The highest BCUT2D eigenvalue weighted by molar-refractivity contribution is 5.75. The highest BCUT2D eigenvalue weighted by Gasteiger charge is 2.23. The number of carbonyl (C=O) groups excluding carboxylic acids is 2. The number of nitrogens with zero attached hydrogens (tertiary/aromatic N) is 1. The van der Waals surface area contributed by atoms with Gasteiger partial charge in [0.05, 0.1) is 7.11 Å². The molecular weight excluding hydrogens is 232 g/mol. The first-order chi connectivity index (χ1) is 8.67. The molecule has 1 fully saturated rings. The standard InChI is InChI=1S/C13H22N2O3/c1-3-4-5-12(16)14-10-11-6-8-15(9-7-11)13(17)18-2/h3,11H,1,4-10H2,2H3,(H,14,16). The minimum absolute atomic E-state index is 0.0743. The van der Waals surface area contributed by atoms with E-state index in [2.05, 4.69) is 16.6 Å². The van der Waals surface area contributed by atoms with E-state index in [1.54, 1.807) is 11.0 Å². The summed E-state index contributed by atoms with van der Waals surface area (Å²) in [6.07, 6.45) is 4.53. The molecule has 1 heterocycles. The van der Waals surface area contributed by atoms with Crippen LogP contribution in [0.2, 0.25) is 0 Å². The summed E-state index contributed by atoms with van der Waals surface area (Å²) in [5.41, 5.74) is 0. The molecule has 0 aromatic heterocycles. The van der Waals surface area contributed by atoms with Gasteiger partial charge in [-0.15, -0.1) is 6.58 Å². The Morgan fingerprint density at radius 2 is 2.11 bits per heavy atom. The van der Waals surface area contributed by atoms with E-state index in [1.165, 1.54) is 7.11 Å². The molecule has 0 aromatic carbocycles. The molecule has 2 amide bonds. The Morgan fingerprint density at radius 3 is 2.67 bits per heavy atom. The fourth-order valence-electron chi connectivity index (χ4n) is 2.03. The minimum atomic E-state index is -0.261. The average Bonchev–Trinajstić information content (AvgIpc) is 2.42. The second-order valence-corrected chi connectivity index (χ2v) is 4.53. The molecule has 0 aromatic rings. The van der Waals surface area contributed by atoms with Gasteiger partial charge in [0.2, 0.25) is 5.91 Å². The third-order valence-electron chi connectivity index (χ3n) is 3.21. The molecule has 0 spiro atoms. The zero-order chi connectivity index (χ0) is 13.4. The molecule has 0 bridgehead atoms. The number of hydrogen-bond donors (Lipinski definition) is 1. The van der Waals surface area contributed by atoms with Crippen molar-refractivity contribution in [1.29, 1.82) is 0 Å². The molecule has 0 radical (unpaired) electrons. The van der Waals surface area contributed by atoms with Gasteiger partial charge >= 0.3 is 6.09 Å². The highest BCUT2D eigenvalue weighted by atomic mass is 16.5. The third kappa shape index (κ3) is 4.77. The van der Waals surface area contributed by atoms with Crippen molar-refractivity contribution in [3.05, 3.63) is 12.7 Å². The number of allylic oxidation sites excluding steroid dienone is 1. The number of piperidine rings is 1. The van der Waals surface area contributed by atoms with Crippen molar-refractivity contribution < 1.29 is 14.3 Å². The molecule has 1 aliphatic heterocycles. The molecular formula is C13H22N2O3. The Hall–Kier alpha value is -1.52. The number of ether oxygens (including phenoxy) is 1. The van der Waals surface area contributed by atoms with Crippen molar-refractivity contribution in [3.63, 3.8) is 0 Å². The van der Waals surface area contributed by atoms with Gasteiger partial charge in [-0.2, -0.15) is 0 Å². The zero-order valence-corrected chi connectivity index (χ0v) is 11.0. The SMILES string of the molecule is C=CCCC(=O)NCC1CCN(C(=O)OC)CC1. The number of likely N-dealkylation sites (tertiary alicyclic amines) is 1. The lowest BCUT2D eigenvalue weighted by Crippen LogP contribution is -2.41. The van der Waals surface area contributed by atoms with Gasteiger partial charge in [0.15, 0.2) is 0 Å². The van der Waals surface area contributed by atoms with E-state index in [0.717, 1.165) is 12.8 Å². The van der Waals surface area contributed by atoms with Crippen LogP contribution < -0.4 is 5.32 Å². The van der Waals surface area contributed by atoms with Crippen LogP contribution in [-0.2, 0) is 9.53 Å². The first-order valence-corrected chi connectivity index (χ1v) is 6.38. The van der Waals surface area contributed by atoms with E-state index in [4.69, 9.17) is 0 Å². The van der Waals surface area contributed by atoms with E-state index in [-0.39, 0.29) is 12.0 Å². The molecule has 1 rings (SSSR count). The van der Waals surface area contributed by atoms with E-state index >= 15 is 0 Å². The number of hydrogen-bond acceptors (Lipinski definition) is 3. The fourth-order valence-corrected chi connectivity index (χ4v) is 2.03. The second-order valence-electron chi connectivity index (χ2n) is 4.53. The van der Waals surface area contributed by atoms with Crippen LogP contribution in [0, 0.1) is 5.92 Å². The van der Waals surface area contributed by atoms with Crippen LogP contribution in [0.3, 0.4) is 0 Å². The molecule has 102 valence electrons. The Kier molecular flexibility index (Phi) is 6.25. The first-order valence-electron chi connectivity index (χ1n) is 6.38. The maximum absolute atomic E-state index is 11.4. The van der Waals surface area contributed by atoms with Gasteiger partial charge in [-0.05, 0) is 25.2 Å². The van der Waals surface area contributed by atoms with Gasteiger partial charge in [0.25, 0.3) is 0 Å². The Balaban J connectivity index is 2.17. The van der Waals surface area contributed by atoms with Crippen molar-refractivity contribution >= 4 is 12.0 Å². The Labute approximate surface area is 108 Å². The molecule has 0 saturated carbocycles. The molecule has 18 heavy (non-hydrogen) atoms. The summed E-state index contributed by atoms with van der Waals surface area (Å²) in [6.45, 7) is 5.70. The van der Waals surface area contributed by atoms with Gasteiger partial charge in [-0.1, -0.05) is 6.08 Å². The molecule has 1 aliphatic rings. The van der Waals surface area contributed by atoms with Crippen LogP contribution in [-0.4, -0.2) is 43.6 Å². The monoisotopic (exact) mass is 254 g/mol. The summed E-state index contributed by atoms with van der Waals surface area (Å²) in [7, 11) is 1.40. The normalized spacial score (nSPS) is 16.2. The van der Waals surface area contributed by atoms with Crippen LogP contribution >= 0.6 is 0 Å². The minimum Gasteiger partial charge on any atom is -0.453 e. The third-order valence-corrected chi connectivity index (χ3v) is 3.21. The highest BCUT2D eigenvalue weighted by Crippen LogP contribution is 2.16. The van der Waals surface area contributed by atoms with Crippen LogP contribution in [0.4, 0.5) is 4.79 Å². The van der Waals surface area contributed by atoms with Gasteiger partial charge in [0.1, 0.15) is 0 Å². The lowest BCUT2D eigenvalue weighted by molar-refractivity contribution is -0.121. The maximum atomic E-state index is 11.4. The number of rotatable bonds is 5. The number of methoxy groups -OCH3 is 1. The lowest BCUT2D eigenvalue weighted by Gasteiger charge is -2.30. The van der Waals surface area contributed by atoms with Gasteiger partial charge < -0.3 is 15.0 Å². The fraction of sp³-hybridized carbons (Fsp3) is 0.692. The van der Waals surface area contributed by atoms with Gasteiger partial charge in [0, 0.05) is 26.1 Å². The quantitative estimate of drug-likeness (QED) is 0.757. The van der Waals surface area contributed by atoms with Crippen LogP contribution in [0.5, 0.6) is 0 Å². The molecule has 1 N–H and O–H groups in total.